The third kappa shape index (κ3) is 3.47. The highest BCUT2D eigenvalue weighted by Gasteiger charge is 2.17. The Bertz CT molecular complexity index is 713. The van der Waals surface area contributed by atoms with E-state index in [4.69, 9.17) is 17.3 Å². The Balaban J connectivity index is 2.04. The van der Waals surface area contributed by atoms with Gasteiger partial charge in [-0.25, -0.2) is 18.1 Å². The molecule has 0 aliphatic rings. The van der Waals surface area contributed by atoms with Gasteiger partial charge in [0.15, 0.2) is 5.82 Å². The number of aromatic nitrogens is 3. The summed E-state index contributed by atoms with van der Waals surface area (Å²) in [6, 6.07) is 4.26. The molecule has 2 rings (SSSR count). The van der Waals surface area contributed by atoms with Crippen LogP contribution in [0.25, 0.3) is 0 Å². The molecule has 0 atom stereocenters. The minimum atomic E-state index is -3.67. The molecule has 1 heterocycles. The summed E-state index contributed by atoms with van der Waals surface area (Å²) in [5.74, 6) is 0.568. The van der Waals surface area contributed by atoms with Gasteiger partial charge in [-0.1, -0.05) is 11.6 Å². The average molecular weight is 316 g/mol. The lowest BCUT2D eigenvalue weighted by atomic mass is 10.3. The number of sulfonamides is 1. The lowest BCUT2D eigenvalue weighted by molar-refractivity contribution is 0.580. The number of halogens is 1. The molecule has 108 valence electrons. The van der Waals surface area contributed by atoms with Crippen LogP contribution in [0.5, 0.6) is 0 Å². The van der Waals surface area contributed by atoms with Gasteiger partial charge < -0.3 is 5.73 Å². The Labute approximate surface area is 121 Å². The molecular formula is C11H14ClN5O2S. The molecule has 0 aliphatic carbocycles. The third-order valence-corrected chi connectivity index (χ3v) is 4.48. The zero-order valence-electron chi connectivity index (χ0n) is 10.7. The smallest absolute Gasteiger partial charge is 0.242 e. The number of nitrogens with two attached hydrogens (primary N) is 1. The molecule has 0 spiro atoms. The van der Waals surface area contributed by atoms with Crippen LogP contribution in [0, 0.1) is 0 Å². The van der Waals surface area contributed by atoms with Crippen molar-refractivity contribution < 1.29 is 8.42 Å². The van der Waals surface area contributed by atoms with Crippen molar-refractivity contribution in [1.82, 2.24) is 19.5 Å². The SMILES string of the molecule is Cn1cnc(CCNS(=O)(=O)c2ccc(N)cc2Cl)n1. The number of benzene rings is 1. The molecule has 2 aromatic rings. The van der Waals surface area contributed by atoms with Crippen LogP contribution in [0.3, 0.4) is 0 Å². The van der Waals surface area contributed by atoms with Gasteiger partial charge in [0.25, 0.3) is 0 Å². The van der Waals surface area contributed by atoms with Crippen LogP contribution >= 0.6 is 11.6 Å². The van der Waals surface area contributed by atoms with Gasteiger partial charge in [0.1, 0.15) is 11.2 Å². The van der Waals surface area contributed by atoms with Crippen LogP contribution in [0.2, 0.25) is 5.02 Å². The van der Waals surface area contributed by atoms with E-state index in [9.17, 15) is 8.42 Å². The lowest BCUT2D eigenvalue weighted by Crippen LogP contribution is -2.26. The van der Waals surface area contributed by atoms with Crippen molar-refractivity contribution in [1.29, 1.82) is 0 Å². The minimum Gasteiger partial charge on any atom is -0.399 e. The second-order valence-corrected chi connectivity index (χ2v) is 6.31. The first-order valence-electron chi connectivity index (χ1n) is 5.78. The van der Waals surface area contributed by atoms with Crippen molar-refractivity contribution in [3.63, 3.8) is 0 Å². The van der Waals surface area contributed by atoms with E-state index in [1.54, 1.807) is 18.1 Å². The van der Waals surface area contributed by atoms with Crippen LogP contribution in [0.1, 0.15) is 5.82 Å². The van der Waals surface area contributed by atoms with Gasteiger partial charge in [-0.05, 0) is 18.2 Å². The summed E-state index contributed by atoms with van der Waals surface area (Å²) in [7, 11) is -1.93. The molecule has 0 radical (unpaired) electrons. The Hall–Kier alpha value is -1.64. The molecule has 20 heavy (non-hydrogen) atoms. The zero-order chi connectivity index (χ0) is 14.8. The zero-order valence-corrected chi connectivity index (χ0v) is 12.3. The van der Waals surface area contributed by atoms with E-state index >= 15 is 0 Å². The molecule has 1 aromatic heterocycles. The Morgan fingerprint density at radius 2 is 2.20 bits per heavy atom. The molecule has 0 aliphatic heterocycles. The maximum atomic E-state index is 12.1. The Morgan fingerprint density at radius 1 is 1.45 bits per heavy atom. The van der Waals surface area contributed by atoms with Crippen LogP contribution in [0.15, 0.2) is 29.4 Å². The fourth-order valence-electron chi connectivity index (χ4n) is 1.61. The topological polar surface area (TPSA) is 103 Å². The van der Waals surface area contributed by atoms with Gasteiger partial charge in [0.05, 0.1) is 5.02 Å². The van der Waals surface area contributed by atoms with Gasteiger partial charge in [-0.2, -0.15) is 5.10 Å². The predicted molar refractivity (Wildman–Crippen MR) is 75.8 cm³/mol. The van der Waals surface area contributed by atoms with Crippen LogP contribution in [0.4, 0.5) is 5.69 Å². The van der Waals surface area contributed by atoms with Crippen molar-refractivity contribution >= 4 is 27.3 Å². The summed E-state index contributed by atoms with van der Waals surface area (Å²) < 4.78 is 28.2. The number of hydrogen-bond donors (Lipinski definition) is 2. The molecule has 9 heteroatoms. The first kappa shape index (κ1) is 14.8. The van der Waals surface area contributed by atoms with Crippen LogP contribution in [-0.4, -0.2) is 29.7 Å². The van der Waals surface area contributed by atoms with E-state index < -0.39 is 10.0 Å². The molecule has 0 fully saturated rings. The van der Waals surface area contributed by atoms with E-state index in [0.29, 0.717) is 17.9 Å². The van der Waals surface area contributed by atoms with E-state index in [2.05, 4.69) is 14.8 Å². The summed E-state index contributed by atoms with van der Waals surface area (Å²) >= 11 is 5.89. The molecule has 3 N–H and O–H groups in total. The van der Waals surface area contributed by atoms with Gasteiger partial charge in [0, 0.05) is 25.7 Å². The number of anilines is 1. The fraction of sp³-hybridized carbons (Fsp3) is 0.273. The number of hydrogen-bond acceptors (Lipinski definition) is 5. The third-order valence-electron chi connectivity index (χ3n) is 2.53. The predicted octanol–water partition coefficient (Wildman–Crippen LogP) is 0.572. The van der Waals surface area contributed by atoms with Crippen LogP contribution < -0.4 is 10.5 Å². The number of nitrogens with one attached hydrogen (secondary N) is 1. The number of nitrogens with zero attached hydrogens (tertiary/aromatic N) is 3. The molecule has 0 saturated heterocycles. The van der Waals surface area contributed by atoms with E-state index in [0.717, 1.165) is 0 Å². The number of aryl methyl sites for hydroxylation is 1. The molecule has 1 aromatic carbocycles. The number of rotatable bonds is 5. The van der Waals surface area contributed by atoms with Crippen molar-refractivity contribution in [3.05, 3.63) is 35.4 Å². The lowest BCUT2D eigenvalue weighted by Gasteiger charge is -2.08. The second-order valence-electron chi connectivity index (χ2n) is 4.17. The van der Waals surface area contributed by atoms with Gasteiger partial charge >= 0.3 is 0 Å². The van der Waals surface area contributed by atoms with Crippen molar-refractivity contribution in [3.8, 4) is 0 Å². The quantitative estimate of drug-likeness (QED) is 0.785. The highest BCUT2D eigenvalue weighted by atomic mass is 35.5. The maximum Gasteiger partial charge on any atom is 0.242 e. The summed E-state index contributed by atoms with van der Waals surface area (Å²) in [4.78, 5) is 4.01. The molecular weight excluding hydrogens is 302 g/mol. The number of nitrogen functional groups attached to an aromatic ring is 1. The molecule has 0 saturated carbocycles. The largest absolute Gasteiger partial charge is 0.399 e. The van der Waals surface area contributed by atoms with Crippen molar-refractivity contribution in [2.75, 3.05) is 12.3 Å². The van der Waals surface area contributed by atoms with Crippen LogP contribution in [-0.2, 0) is 23.5 Å². The summed E-state index contributed by atoms with van der Waals surface area (Å²) in [6.45, 7) is 0.188. The standard InChI is InChI=1S/C11H14ClN5O2S/c1-17-7-14-11(16-17)4-5-15-20(18,19)10-3-2-8(13)6-9(10)12/h2-3,6-7,15H,4-5,13H2,1H3. The summed E-state index contributed by atoms with van der Waals surface area (Å²) in [6.07, 6.45) is 1.95. The van der Waals surface area contributed by atoms with E-state index in [1.807, 2.05) is 0 Å². The van der Waals surface area contributed by atoms with Crippen molar-refractivity contribution in [2.24, 2.45) is 7.05 Å². The highest BCUT2D eigenvalue weighted by molar-refractivity contribution is 7.89. The molecule has 0 amide bonds. The molecule has 0 bridgehead atoms. The average Bonchev–Trinajstić information content (AvgIpc) is 2.74. The molecule has 0 unspecified atom stereocenters. The highest BCUT2D eigenvalue weighted by Crippen LogP contribution is 2.23. The Kier molecular flexibility index (Phi) is 4.26. The van der Waals surface area contributed by atoms with Gasteiger partial charge in [-0.3, -0.25) is 4.68 Å². The van der Waals surface area contributed by atoms with E-state index in [-0.39, 0.29) is 16.5 Å². The minimum absolute atomic E-state index is 0.00217. The van der Waals surface area contributed by atoms with Crippen molar-refractivity contribution in [2.45, 2.75) is 11.3 Å². The normalized spacial score (nSPS) is 11.7. The monoisotopic (exact) mass is 315 g/mol. The fourth-order valence-corrected chi connectivity index (χ4v) is 3.19. The van der Waals surface area contributed by atoms with Gasteiger partial charge in [-0.15, -0.1) is 0 Å². The first-order valence-corrected chi connectivity index (χ1v) is 7.64. The molecule has 7 nitrogen and oxygen atoms in total. The summed E-state index contributed by atoms with van der Waals surface area (Å²) in [5, 5.41) is 4.15. The van der Waals surface area contributed by atoms with Gasteiger partial charge in [0.2, 0.25) is 10.0 Å². The first-order chi connectivity index (χ1) is 9.38. The second kappa shape index (κ2) is 5.78. The van der Waals surface area contributed by atoms with E-state index in [1.165, 1.54) is 18.2 Å². The maximum absolute atomic E-state index is 12.1. The Morgan fingerprint density at radius 3 is 2.80 bits per heavy atom. The summed E-state index contributed by atoms with van der Waals surface area (Å²) in [5.41, 5.74) is 5.94.